The number of aliphatic imine (C=N–C) groups is 1. The van der Waals surface area contributed by atoms with Crippen molar-refractivity contribution >= 4 is 11.8 Å². The highest BCUT2D eigenvalue weighted by Gasteiger charge is 1.92. The minimum atomic E-state index is -1.33. The number of guanidine groups is 1. The second-order valence-corrected chi connectivity index (χ2v) is 2.74. The molecule has 0 spiro atoms. The Morgan fingerprint density at radius 1 is 1.67 bits per heavy atom. The first kappa shape index (κ1) is 5.90. The van der Waals surface area contributed by atoms with E-state index in [1.54, 1.807) is 0 Å². The summed E-state index contributed by atoms with van der Waals surface area (Å²) in [6, 6.07) is 2.18. The van der Waals surface area contributed by atoms with E-state index in [0.29, 0.717) is 0 Å². The minimum Gasteiger partial charge on any atom is -0.370 e. The largest absolute Gasteiger partial charge is 0.370 e. The zero-order chi connectivity index (χ0) is 15.4. The van der Waals surface area contributed by atoms with Gasteiger partial charge in [0.25, 0.3) is 0 Å². The minimum absolute atomic E-state index is 0.0154. The zero-order valence-corrected chi connectivity index (χ0v) is 8.33. The number of amidine groups is 1. The third kappa shape index (κ3) is 4.81. The van der Waals surface area contributed by atoms with Gasteiger partial charge in [0.05, 0.1) is 11.3 Å². The van der Waals surface area contributed by atoms with E-state index < -0.39 is 12.9 Å². The molecule has 1 rings (SSSR count). The Kier molecular flexibility index (Phi) is 2.28. The van der Waals surface area contributed by atoms with E-state index in [1.165, 1.54) is 19.1 Å². The molecule has 4 nitrogen and oxygen atoms in total. The molecule has 0 aliphatic heterocycles. The molecule has 0 aliphatic carbocycles. The van der Waals surface area contributed by atoms with Crippen molar-refractivity contribution in [3.63, 3.8) is 0 Å². The smallest absolute Gasteiger partial charge is 0.194 e. The maximum absolute atomic E-state index is 7.91. The fourth-order valence-electron chi connectivity index (χ4n) is 0.835. The Hall–Kier alpha value is -1.84. The summed E-state index contributed by atoms with van der Waals surface area (Å²) in [5.74, 6) is -0.106. The van der Waals surface area contributed by atoms with Crippen molar-refractivity contribution < 1.29 is 6.85 Å². The summed E-state index contributed by atoms with van der Waals surface area (Å²) in [7, 11) is 0. The highest BCUT2D eigenvalue weighted by Crippen LogP contribution is 1.98. The van der Waals surface area contributed by atoms with Gasteiger partial charge in [0.2, 0.25) is 0 Å². The van der Waals surface area contributed by atoms with Gasteiger partial charge in [0.15, 0.2) is 5.96 Å². The second-order valence-electron chi connectivity index (χ2n) is 2.74. The van der Waals surface area contributed by atoms with Gasteiger partial charge in [-0.2, -0.15) is 0 Å². The van der Waals surface area contributed by atoms with Gasteiger partial charge < -0.3 is 11.1 Å². The van der Waals surface area contributed by atoms with Crippen LogP contribution in [0.1, 0.15) is 19.3 Å². The molecule has 4 heteroatoms. The molecule has 0 saturated heterocycles. The van der Waals surface area contributed by atoms with Gasteiger partial charge in [-0.25, -0.2) is 0 Å². The SMILES string of the molecule is [2H]c1cc([2H])c(C([2H])C([2H])N=C(N)NC(C)=N)c([2H])c1. The van der Waals surface area contributed by atoms with Crippen molar-refractivity contribution in [3.05, 3.63) is 35.8 Å². The summed E-state index contributed by atoms with van der Waals surface area (Å²) in [6.45, 7) is 0.127. The third-order valence-corrected chi connectivity index (χ3v) is 1.39. The summed E-state index contributed by atoms with van der Waals surface area (Å²) < 4.78 is 38.5. The van der Waals surface area contributed by atoms with Crippen molar-refractivity contribution in [1.29, 1.82) is 5.41 Å². The fraction of sp³-hybridized carbons (Fsp3) is 0.273. The number of nitrogens with two attached hydrogens (primary N) is 1. The quantitative estimate of drug-likeness (QED) is 0.515. The molecular formula is C11H16N4. The van der Waals surface area contributed by atoms with Crippen LogP contribution in [0.2, 0.25) is 0 Å². The molecule has 1 aromatic rings. The van der Waals surface area contributed by atoms with Gasteiger partial charge in [-0.15, -0.1) is 0 Å². The van der Waals surface area contributed by atoms with E-state index in [9.17, 15) is 0 Å². The van der Waals surface area contributed by atoms with Crippen LogP contribution in [-0.2, 0) is 6.40 Å². The molecule has 0 aromatic heterocycles. The van der Waals surface area contributed by atoms with Crippen LogP contribution in [0.25, 0.3) is 0 Å². The van der Waals surface area contributed by atoms with Crippen LogP contribution in [-0.4, -0.2) is 18.3 Å². The van der Waals surface area contributed by atoms with Crippen molar-refractivity contribution in [2.24, 2.45) is 10.7 Å². The molecular weight excluding hydrogens is 188 g/mol. The van der Waals surface area contributed by atoms with Gasteiger partial charge in [-0.05, 0) is 18.9 Å². The molecule has 0 aliphatic rings. The van der Waals surface area contributed by atoms with E-state index in [2.05, 4.69) is 10.3 Å². The van der Waals surface area contributed by atoms with E-state index in [-0.39, 0.29) is 35.5 Å². The number of nitrogens with zero attached hydrogens (tertiary/aromatic N) is 1. The van der Waals surface area contributed by atoms with Gasteiger partial charge in [0.1, 0.15) is 0 Å². The zero-order valence-electron chi connectivity index (χ0n) is 13.3. The number of benzene rings is 1. The molecule has 0 bridgehead atoms. The lowest BCUT2D eigenvalue weighted by atomic mass is 10.2. The molecule has 15 heavy (non-hydrogen) atoms. The Morgan fingerprint density at radius 2 is 2.33 bits per heavy atom. The van der Waals surface area contributed by atoms with Gasteiger partial charge in [0, 0.05) is 7.89 Å². The molecule has 0 radical (unpaired) electrons. The van der Waals surface area contributed by atoms with Crippen LogP contribution >= 0.6 is 0 Å². The second kappa shape index (κ2) is 5.80. The Morgan fingerprint density at radius 3 is 2.93 bits per heavy atom. The van der Waals surface area contributed by atoms with Crippen LogP contribution in [0.5, 0.6) is 0 Å². The van der Waals surface area contributed by atoms with Crippen LogP contribution in [0.3, 0.4) is 0 Å². The number of hydrogen-bond acceptors (Lipinski definition) is 2. The number of hydrogen-bond donors (Lipinski definition) is 3. The van der Waals surface area contributed by atoms with Crippen molar-refractivity contribution in [2.45, 2.75) is 13.3 Å². The fourth-order valence-corrected chi connectivity index (χ4v) is 0.835. The van der Waals surface area contributed by atoms with Crippen LogP contribution in [0.15, 0.2) is 35.3 Å². The topological polar surface area (TPSA) is 74.3 Å². The van der Waals surface area contributed by atoms with Crippen molar-refractivity contribution in [2.75, 3.05) is 6.52 Å². The lowest BCUT2D eigenvalue weighted by Gasteiger charge is -2.02. The molecule has 4 N–H and O–H groups in total. The standard InChI is InChI=1S/C11H16N4/c1-9(12)15-11(13)14-8-7-10-5-3-2-4-6-10/h2-6H,7-8H2,1H3,(H4,12,13,14,15)/i2D,5D,6D,7D,8D. The molecule has 2 atom stereocenters. The summed E-state index contributed by atoms with van der Waals surface area (Å²) in [5, 5.41) is 9.57. The lowest BCUT2D eigenvalue weighted by Crippen LogP contribution is -2.35. The number of nitrogens with one attached hydrogen (secondary N) is 2. The normalized spacial score (nSPS) is 20.1. The Labute approximate surface area is 96.8 Å². The van der Waals surface area contributed by atoms with Crippen LogP contribution < -0.4 is 11.1 Å². The molecule has 0 amide bonds. The average molecular weight is 209 g/mol. The molecule has 80 valence electrons. The number of rotatable bonds is 3. The predicted molar refractivity (Wildman–Crippen MR) is 63.2 cm³/mol. The van der Waals surface area contributed by atoms with Gasteiger partial charge >= 0.3 is 0 Å². The van der Waals surface area contributed by atoms with Crippen LogP contribution in [0.4, 0.5) is 0 Å². The molecule has 1 aromatic carbocycles. The molecule has 2 unspecified atom stereocenters. The van der Waals surface area contributed by atoms with Gasteiger partial charge in [-0.1, -0.05) is 30.3 Å². The van der Waals surface area contributed by atoms with Crippen LogP contribution in [0, 0.1) is 5.41 Å². The maximum atomic E-state index is 7.91. The molecule has 0 fully saturated rings. The van der Waals surface area contributed by atoms with E-state index in [0.717, 1.165) is 0 Å². The monoisotopic (exact) mass is 209 g/mol. The van der Waals surface area contributed by atoms with Crippen molar-refractivity contribution in [3.8, 4) is 0 Å². The summed E-state index contributed by atoms with van der Waals surface area (Å²) in [5.41, 5.74) is 5.49. The maximum Gasteiger partial charge on any atom is 0.194 e. The summed E-state index contributed by atoms with van der Waals surface area (Å²) in [6.07, 6.45) is -1.26. The first-order valence-corrected chi connectivity index (χ1v) is 4.30. The third-order valence-electron chi connectivity index (χ3n) is 1.39. The highest BCUT2D eigenvalue weighted by molar-refractivity contribution is 5.96. The Balaban J connectivity index is 3.00. The van der Waals surface area contributed by atoms with E-state index >= 15 is 0 Å². The Bertz CT molecular complexity index is 523. The summed E-state index contributed by atoms with van der Waals surface area (Å²) >= 11 is 0. The first-order chi connectivity index (χ1) is 9.22. The lowest BCUT2D eigenvalue weighted by molar-refractivity contribution is 0.955. The average Bonchev–Trinajstić information content (AvgIpc) is 2.25. The molecule has 0 heterocycles. The molecule has 0 saturated carbocycles. The highest BCUT2D eigenvalue weighted by atomic mass is 15.1. The first-order valence-electron chi connectivity index (χ1n) is 6.95. The van der Waals surface area contributed by atoms with E-state index in [1.807, 2.05) is 0 Å². The van der Waals surface area contributed by atoms with Crippen molar-refractivity contribution in [1.82, 2.24) is 5.32 Å². The van der Waals surface area contributed by atoms with E-state index in [4.69, 9.17) is 18.0 Å². The summed E-state index contributed by atoms with van der Waals surface area (Å²) in [4.78, 5) is 3.71. The van der Waals surface area contributed by atoms with Gasteiger partial charge in [-0.3, -0.25) is 10.4 Å². The predicted octanol–water partition coefficient (Wildman–Crippen LogP) is 1.13.